The number of benzene rings is 1. The minimum absolute atomic E-state index is 0.141. The molecule has 1 saturated carbocycles. The van der Waals surface area contributed by atoms with Crippen LogP contribution in [0.3, 0.4) is 0 Å². The highest BCUT2D eigenvalue weighted by atomic mass is 16.5. The van der Waals surface area contributed by atoms with Crippen molar-refractivity contribution in [3.63, 3.8) is 0 Å². The highest BCUT2D eigenvalue weighted by molar-refractivity contribution is 5.84. The first-order valence-electron chi connectivity index (χ1n) is 10.1. The van der Waals surface area contributed by atoms with Crippen molar-refractivity contribution in [1.29, 1.82) is 0 Å². The third kappa shape index (κ3) is 3.18. The maximum atomic E-state index is 13.1. The Bertz CT molecular complexity index is 642. The van der Waals surface area contributed by atoms with E-state index in [-0.39, 0.29) is 5.41 Å². The standard InChI is InChI=1S/C21H31N3O2/c1-26-19-8-3-2-7-18(19)24-12-9-17(10-13-24)23-20(25)21-11-5-4-6-16(21)14-22-15-21/h2-3,7-8,16-17,22H,4-6,9-15H2,1H3,(H,23,25)/t16-,21+/m0/s1. The minimum Gasteiger partial charge on any atom is -0.495 e. The number of carbonyl (C=O) groups is 1. The average molecular weight is 357 g/mol. The number of piperidine rings is 1. The molecule has 5 nitrogen and oxygen atoms in total. The van der Waals surface area contributed by atoms with Crippen LogP contribution in [0.15, 0.2) is 24.3 Å². The Morgan fingerprint density at radius 2 is 2.04 bits per heavy atom. The summed E-state index contributed by atoms with van der Waals surface area (Å²) < 4.78 is 5.50. The maximum Gasteiger partial charge on any atom is 0.228 e. The lowest BCUT2D eigenvalue weighted by atomic mass is 9.67. The lowest BCUT2D eigenvalue weighted by Crippen LogP contribution is -2.53. The Balaban J connectivity index is 1.36. The number of hydrogen-bond donors (Lipinski definition) is 2. The van der Waals surface area contributed by atoms with Crippen LogP contribution in [0.5, 0.6) is 5.75 Å². The zero-order valence-electron chi connectivity index (χ0n) is 15.8. The molecule has 5 heteroatoms. The smallest absolute Gasteiger partial charge is 0.228 e. The van der Waals surface area contributed by atoms with E-state index in [0.717, 1.165) is 56.9 Å². The van der Waals surface area contributed by atoms with Crippen LogP contribution in [0, 0.1) is 11.3 Å². The first kappa shape index (κ1) is 17.7. The number of nitrogens with one attached hydrogen (secondary N) is 2. The van der Waals surface area contributed by atoms with Gasteiger partial charge >= 0.3 is 0 Å². The van der Waals surface area contributed by atoms with Gasteiger partial charge in [0.1, 0.15) is 5.75 Å². The molecule has 0 radical (unpaired) electrons. The number of carbonyl (C=O) groups excluding carboxylic acids is 1. The lowest BCUT2D eigenvalue weighted by molar-refractivity contribution is -0.134. The third-order valence-electron chi connectivity index (χ3n) is 6.75. The Morgan fingerprint density at radius 3 is 2.85 bits per heavy atom. The molecule has 2 N–H and O–H groups in total. The van der Waals surface area contributed by atoms with Crippen molar-refractivity contribution in [2.75, 3.05) is 38.2 Å². The minimum atomic E-state index is -0.141. The number of nitrogens with zero attached hydrogens (tertiary/aromatic N) is 1. The maximum absolute atomic E-state index is 13.1. The van der Waals surface area contributed by atoms with Crippen molar-refractivity contribution in [3.05, 3.63) is 24.3 Å². The quantitative estimate of drug-likeness (QED) is 0.870. The molecule has 1 aromatic carbocycles. The molecule has 142 valence electrons. The second-order valence-electron chi connectivity index (χ2n) is 8.14. The summed E-state index contributed by atoms with van der Waals surface area (Å²) in [5, 5.41) is 6.90. The van der Waals surface area contributed by atoms with E-state index in [4.69, 9.17) is 4.74 Å². The van der Waals surface area contributed by atoms with Gasteiger partial charge < -0.3 is 20.3 Å². The van der Waals surface area contributed by atoms with Crippen LogP contribution >= 0.6 is 0 Å². The first-order valence-corrected chi connectivity index (χ1v) is 10.1. The van der Waals surface area contributed by atoms with Gasteiger partial charge in [-0.3, -0.25) is 4.79 Å². The number of ether oxygens (including phenoxy) is 1. The summed E-state index contributed by atoms with van der Waals surface area (Å²) in [4.78, 5) is 15.5. The molecular formula is C21H31N3O2. The highest BCUT2D eigenvalue weighted by Gasteiger charge is 2.50. The summed E-state index contributed by atoms with van der Waals surface area (Å²) in [7, 11) is 1.72. The van der Waals surface area contributed by atoms with Crippen LogP contribution in [0.4, 0.5) is 5.69 Å². The molecule has 4 rings (SSSR count). The SMILES string of the molecule is COc1ccccc1N1CCC(NC(=O)[C@@]23CCCC[C@H]2CNC3)CC1. The van der Waals surface area contributed by atoms with Gasteiger partial charge in [-0.05, 0) is 50.3 Å². The van der Waals surface area contributed by atoms with Crippen LogP contribution in [0.2, 0.25) is 0 Å². The second kappa shape index (κ2) is 7.47. The first-order chi connectivity index (χ1) is 12.7. The highest BCUT2D eigenvalue weighted by Crippen LogP contribution is 2.44. The van der Waals surface area contributed by atoms with E-state index < -0.39 is 0 Å². The van der Waals surface area contributed by atoms with E-state index >= 15 is 0 Å². The Labute approximate surface area is 156 Å². The van der Waals surface area contributed by atoms with Crippen molar-refractivity contribution in [2.24, 2.45) is 11.3 Å². The molecule has 3 aliphatic rings. The van der Waals surface area contributed by atoms with E-state index in [1.165, 1.54) is 19.3 Å². The average Bonchev–Trinajstić information content (AvgIpc) is 3.14. The third-order valence-corrected chi connectivity index (χ3v) is 6.75. The van der Waals surface area contributed by atoms with Gasteiger partial charge in [0.15, 0.2) is 0 Å². The van der Waals surface area contributed by atoms with E-state index in [1.54, 1.807) is 7.11 Å². The topological polar surface area (TPSA) is 53.6 Å². The van der Waals surface area contributed by atoms with Crippen molar-refractivity contribution in [2.45, 2.75) is 44.6 Å². The molecule has 2 heterocycles. The molecule has 0 unspecified atom stereocenters. The molecule has 3 fully saturated rings. The van der Waals surface area contributed by atoms with E-state index in [1.807, 2.05) is 12.1 Å². The molecule has 2 aliphatic heterocycles. The molecule has 0 aromatic heterocycles. The van der Waals surface area contributed by atoms with Gasteiger partial charge in [0.25, 0.3) is 0 Å². The van der Waals surface area contributed by atoms with Crippen LogP contribution in [-0.2, 0) is 4.79 Å². The van der Waals surface area contributed by atoms with Crippen LogP contribution in [0.25, 0.3) is 0 Å². The fourth-order valence-corrected chi connectivity index (χ4v) is 5.18. The Kier molecular flexibility index (Phi) is 5.07. The van der Waals surface area contributed by atoms with Crippen LogP contribution < -0.4 is 20.3 Å². The van der Waals surface area contributed by atoms with Gasteiger partial charge in [-0.1, -0.05) is 25.0 Å². The number of fused-ring (bicyclic) bond motifs is 1. The lowest BCUT2D eigenvalue weighted by Gasteiger charge is -2.40. The molecule has 2 saturated heterocycles. The zero-order chi connectivity index (χ0) is 18.0. The van der Waals surface area contributed by atoms with E-state index in [2.05, 4.69) is 27.7 Å². The van der Waals surface area contributed by atoms with Crippen LogP contribution in [-0.4, -0.2) is 45.2 Å². The summed E-state index contributed by atoms with van der Waals surface area (Å²) in [6.45, 7) is 3.79. The zero-order valence-corrected chi connectivity index (χ0v) is 15.8. The number of methoxy groups -OCH3 is 1. The number of anilines is 1. The number of hydrogen-bond acceptors (Lipinski definition) is 4. The molecule has 0 spiro atoms. The van der Waals surface area contributed by atoms with Gasteiger partial charge in [-0.15, -0.1) is 0 Å². The summed E-state index contributed by atoms with van der Waals surface area (Å²) >= 11 is 0. The van der Waals surface area contributed by atoms with E-state index in [0.29, 0.717) is 17.9 Å². The molecule has 1 aliphatic carbocycles. The van der Waals surface area contributed by atoms with Crippen molar-refractivity contribution in [3.8, 4) is 5.75 Å². The number of rotatable bonds is 4. The predicted octanol–water partition coefficient (Wildman–Crippen LogP) is 2.56. The summed E-state index contributed by atoms with van der Waals surface area (Å²) in [6, 6.07) is 8.49. The molecule has 1 aromatic rings. The van der Waals surface area contributed by atoms with Gasteiger partial charge in [-0.2, -0.15) is 0 Å². The monoisotopic (exact) mass is 357 g/mol. The van der Waals surface area contributed by atoms with Crippen LogP contribution in [0.1, 0.15) is 38.5 Å². The normalized spacial score (nSPS) is 29.3. The number of para-hydroxylation sites is 2. The van der Waals surface area contributed by atoms with Gasteiger partial charge in [0, 0.05) is 25.7 Å². The number of amides is 1. The summed E-state index contributed by atoms with van der Waals surface area (Å²) in [5.41, 5.74) is 1.02. The van der Waals surface area contributed by atoms with Gasteiger partial charge in [-0.25, -0.2) is 0 Å². The molecule has 2 atom stereocenters. The molecule has 1 amide bonds. The molecule has 26 heavy (non-hydrogen) atoms. The van der Waals surface area contributed by atoms with Gasteiger partial charge in [0.2, 0.25) is 5.91 Å². The fraction of sp³-hybridized carbons (Fsp3) is 0.667. The molecule has 0 bridgehead atoms. The largest absolute Gasteiger partial charge is 0.495 e. The van der Waals surface area contributed by atoms with Crippen molar-refractivity contribution >= 4 is 11.6 Å². The second-order valence-corrected chi connectivity index (χ2v) is 8.14. The predicted molar refractivity (Wildman–Crippen MR) is 104 cm³/mol. The van der Waals surface area contributed by atoms with Gasteiger partial charge in [0.05, 0.1) is 18.2 Å². The summed E-state index contributed by atoms with van der Waals surface area (Å²) in [5.74, 6) is 1.77. The van der Waals surface area contributed by atoms with E-state index in [9.17, 15) is 4.79 Å². The molecular weight excluding hydrogens is 326 g/mol. The van der Waals surface area contributed by atoms with Crippen molar-refractivity contribution < 1.29 is 9.53 Å². The summed E-state index contributed by atoms with van der Waals surface area (Å²) in [6.07, 6.45) is 6.72. The Morgan fingerprint density at radius 1 is 1.23 bits per heavy atom. The fourth-order valence-electron chi connectivity index (χ4n) is 5.18. The Hall–Kier alpha value is -1.75. The van der Waals surface area contributed by atoms with Crippen molar-refractivity contribution in [1.82, 2.24) is 10.6 Å².